The summed E-state index contributed by atoms with van der Waals surface area (Å²) in [6.45, 7) is 2.86. The molecule has 1 unspecified atom stereocenters. The van der Waals surface area contributed by atoms with Gasteiger partial charge in [0.25, 0.3) is 5.91 Å². The Hall–Kier alpha value is -2.34. The smallest absolute Gasteiger partial charge is 0.336 e. The summed E-state index contributed by atoms with van der Waals surface area (Å²) in [5.41, 5.74) is 1.02. The molecule has 12 heteroatoms. The lowest BCUT2D eigenvalue weighted by molar-refractivity contribution is -0.154. The molecule has 2 N–H and O–H groups in total. The van der Waals surface area contributed by atoms with E-state index in [1.54, 1.807) is 13.0 Å². The Morgan fingerprint density at radius 1 is 0.971 bits per heavy atom. The van der Waals surface area contributed by atoms with Gasteiger partial charge in [-0.3, -0.25) is 9.59 Å². The van der Waals surface area contributed by atoms with Crippen molar-refractivity contribution in [1.82, 2.24) is 10.6 Å². The third-order valence-electron chi connectivity index (χ3n) is 4.66. The van der Waals surface area contributed by atoms with Gasteiger partial charge in [0.1, 0.15) is 6.42 Å². The third-order valence-corrected chi connectivity index (χ3v) is 5.57. The summed E-state index contributed by atoms with van der Waals surface area (Å²) in [6.07, 6.45) is -9.66. The van der Waals surface area contributed by atoms with E-state index < -0.39 is 42.7 Å². The first-order valence-electron chi connectivity index (χ1n) is 10.0. The van der Waals surface area contributed by atoms with Gasteiger partial charge in [-0.25, -0.2) is 0 Å². The van der Waals surface area contributed by atoms with Crippen LogP contribution in [0.3, 0.4) is 0 Å². The Bertz CT molecular complexity index is 1100. The Kier molecular flexibility index (Phi) is 9.57. The largest absolute Gasteiger partial charge is 0.399 e. The molecule has 0 bridgehead atoms. The lowest BCUT2D eigenvalue weighted by Crippen LogP contribution is -2.46. The molecule has 0 saturated carbocycles. The van der Waals surface area contributed by atoms with Crippen LogP contribution in [0.5, 0.6) is 0 Å². The van der Waals surface area contributed by atoms with Crippen molar-refractivity contribution in [2.45, 2.75) is 44.7 Å². The SMILES string of the molecule is Cc1cc(/C=C/C(c2cc(Br)cc(Br)c2)C(F)(F)F)ccc1C(=O)N[C@H](C)NC(=O)CC(F)(F)F. The van der Waals surface area contributed by atoms with Gasteiger partial charge in [-0.2, -0.15) is 26.3 Å². The highest BCUT2D eigenvalue weighted by molar-refractivity contribution is 9.11. The van der Waals surface area contributed by atoms with E-state index in [1.807, 2.05) is 5.32 Å². The highest BCUT2D eigenvalue weighted by atomic mass is 79.9. The molecule has 0 heterocycles. The van der Waals surface area contributed by atoms with Crippen molar-refractivity contribution in [2.75, 3.05) is 0 Å². The fourth-order valence-electron chi connectivity index (χ4n) is 3.20. The van der Waals surface area contributed by atoms with E-state index in [0.29, 0.717) is 20.1 Å². The summed E-state index contributed by atoms with van der Waals surface area (Å²) in [5.74, 6) is -3.83. The van der Waals surface area contributed by atoms with Crippen LogP contribution in [0.15, 0.2) is 51.4 Å². The van der Waals surface area contributed by atoms with Crippen LogP contribution in [-0.2, 0) is 4.79 Å². The maximum absolute atomic E-state index is 13.7. The van der Waals surface area contributed by atoms with E-state index in [0.717, 1.165) is 6.08 Å². The molecule has 0 spiro atoms. The van der Waals surface area contributed by atoms with Gasteiger partial charge in [0.05, 0.1) is 12.1 Å². The maximum atomic E-state index is 13.7. The predicted octanol–water partition coefficient (Wildman–Crippen LogP) is 7.02. The van der Waals surface area contributed by atoms with Crippen molar-refractivity contribution in [3.8, 4) is 0 Å². The number of nitrogens with one attached hydrogen (secondary N) is 2. The molecule has 0 aliphatic carbocycles. The standard InChI is InChI=1S/C23H20Br2F6N2O2/c1-12-7-14(4-6-19(23(29,30)31)15-8-16(24)10-17(25)9-15)3-5-18(12)21(35)33-13(2)32-20(34)11-22(26,27)28/h3-10,13,19H,11H2,1-2H3,(H,32,34)(H,33,35)/b6-4+/t13-,19?/m1/s1. The third kappa shape index (κ3) is 9.32. The zero-order valence-electron chi connectivity index (χ0n) is 18.3. The predicted molar refractivity (Wildman–Crippen MR) is 127 cm³/mol. The van der Waals surface area contributed by atoms with Gasteiger partial charge in [0, 0.05) is 14.5 Å². The second kappa shape index (κ2) is 11.6. The summed E-state index contributed by atoms with van der Waals surface area (Å²) in [5, 5.41) is 4.38. The highest BCUT2D eigenvalue weighted by Crippen LogP contribution is 2.38. The van der Waals surface area contributed by atoms with E-state index >= 15 is 0 Å². The van der Waals surface area contributed by atoms with Crippen LogP contribution in [0, 0.1) is 6.92 Å². The van der Waals surface area contributed by atoms with E-state index in [4.69, 9.17) is 0 Å². The zero-order valence-corrected chi connectivity index (χ0v) is 21.5. The van der Waals surface area contributed by atoms with Crippen LogP contribution < -0.4 is 10.6 Å². The van der Waals surface area contributed by atoms with E-state index in [2.05, 4.69) is 37.2 Å². The van der Waals surface area contributed by atoms with Crippen LogP contribution >= 0.6 is 31.9 Å². The highest BCUT2D eigenvalue weighted by Gasteiger charge is 2.39. The van der Waals surface area contributed by atoms with Gasteiger partial charge in [0.15, 0.2) is 0 Å². The van der Waals surface area contributed by atoms with E-state index in [-0.39, 0.29) is 11.1 Å². The maximum Gasteiger partial charge on any atom is 0.399 e. The number of hydrogen-bond acceptors (Lipinski definition) is 2. The van der Waals surface area contributed by atoms with Crippen molar-refractivity contribution in [3.05, 3.63) is 73.7 Å². The molecule has 0 aliphatic rings. The average molecular weight is 630 g/mol. The normalized spacial score (nSPS) is 14.0. The minimum Gasteiger partial charge on any atom is -0.336 e. The first-order valence-corrected chi connectivity index (χ1v) is 11.6. The summed E-state index contributed by atoms with van der Waals surface area (Å²) >= 11 is 6.37. The van der Waals surface area contributed by atoms with Crippen LogP contribution in [-0.4, -0.2) is 30.3 Å². The van der Waals surface area contributed by atoms with Crippen LogP contribution in [0.1, 0.15) is 46.3 Å². The van der Waals surface area contributed by atoms with Gasteiger partial charge in [-0.1, -0.05) is 56.1 Å². The van der Waals surface area contributed by atoms with Crippen LogP contribution in [0.25, 0.3) is 6.08 Å². The van der Waals surface area contributed by atoms with Gasteiger partial charge in [-0.15, -0.1) is 0 Å². The number of amides is 2. The summed E-state index contributed by atoms with van der Waals surface area (Å²) in [4.78, 5) is 23.8. The second-order valence-corrected chi connectivity index (χ2v) is 9.54. The quantitative estimate of drug-likeness (QED) is 0.255. The second-order valence-electron chi connectivity index (χ2n) is 7.71. The molecule has 0 radical (unpaired) electrons. The van der Waals surface area contributed by atoms with Gasteiger partial charge in [0.2, 0.25) is 5.91 Å². The molecule has 2 aromatic rings. The van der Waals surface area contributed by atoms with Crippen molar-refractivity contribution in [3.63, 3.8) is 0 Å². The number of carbonyl (C=O) groups is 2. The molecule has 0 aromatic heterocycles. The molecule has 2 rings (SSSR count). The number of benzene rings is 2. The zero-order chi connectivity index (χ0) is 26.6. The van der Waals surface area contributed by atoms with Gasteiger partial charge < -0.3 is 10.6 Å². The van der Waals surface area contributed by atoms with E-state index in [1.165, 1.54) is 43.3 Å². The minimum atomic E-state index is -4.67. The van der Waals surface area contributed by atoms with E-state index in [9.17, 15) is 35.9 Å². The van der Waals surface area contributed by atoms with Crippen molar-refractivity contribution in [2.24, 2.45) is 0 Å². The van der Waals surface area contributed by atoms with Crippen molar-refractivity contribution < 1.29 is 35.9 Å². The molecule has 2 aromatic carbocycles. The molecular formula is C23H20Br2F6N2O2. The lowest BCUT2D eigenvalue weighted by atomic mass is 9.96. The molecule has 2 atom stereocenters. The summed E-state index contributed by atoms with van der Waals surface area (Å²) in [7, 11) is 0. The minimum absolute atomic E-state index is 0.0317. The number of aryl methyl sites for hydroxylation is 1. The molecule has 0 saturated heterocycles. The fourth-order valence-corrected chi connectivity index (χ4v) is 4.53. The number of allylic oxidation sites excluding steroid dienone is 1. The molecule has 0 aliphatic heterocycles. The molecule has 190 valence electrons. The number of alkyl halides is 6. The Morgan fingerprint density at radius 3 is 2.09 bits per heavy atom. The van der Waals surface area contributed by atoms with Gasteiger partial charge >= 0.3 is 12.4 Å². The first-order chi connectivity index (χ1) is 16.0. The Balaban J connectivity index is 2.15. The Labute approximate surface area is 214 Å². The van der Waals surface area contributed by atoms with Crippen LogP contribution in [0.2, 0.25) is 0 Å². The molecule has 0 fully saturated rings. The fraction of sp³-hybridized carbons (Fsp3) is 0.304. The topological polar surface area (TPSA) is 58.2 Å². The molecule has 4 nitrogen and oxygen atoms in total. The lowest BCUT2D eigenvalue weighted by Gasteiger charge is -2.18. The number of hydrogen-bond donors (Lipinski definition) is 2. The number of carbonyl (C=O) groups excluding carboxylic acids is 2. The molecular weight excluding hydrogens is 610 g/mol. The molecule has 2 amide bonds. The average Bonchev–Trinajstić information content (AvgIpc) is 2.64. The van der Waals surface area contributed by atoms with Crippen molar-refractivity contribution in [1.29, 1.82) is 0 Å². The molecule has 35 heavy (non-hydrogen) atoms. The van der Waals surface area contributed by atoms with Crippen molar-refractivity contribution >= 4 is 49.8 Å². The number of halogens is 8. The Morgan fingerprint density at radius 2 is 1.57 bits per heavy atom. The summed E-state index contributed by atoms with van der Waals surface area (Å²) < 4.78 is 78.9. The van der Waals surface area contributed by atoms with Gasteiger partial charge in [-0.05, 0) is 54.8 Å². The monoisotopic (exact) mass is 628 g/mol. The number of rotatable bonds is 7. The van der Waals surface area contributed by atoms with Crippen LogP contribution in [0.4, 0.5) is 26.3 Å². The first kappa shape index (κ1) is 28.9. The summed E-state index contributed by atoms with van der Waals surface area (Å²) in [6, 6.07) is 8.70.